The number of aliphatic imine (C=N–C) groups is 1. The zero-order chi connectivity index (χ0) is 23.8. The molecule has 0 radical (unpaired) electrons. The maximum absolute atomic E-state index is 14.6. The smallest absolute Gasteiger partial charge is 0.229 e. The van der Waals surface area contributed by atoms with Crippen LogP contribution in [-0.4, -0.2) is 28.2 Å². The van der Waals surface area contributed by atoms with Gasteiger partial charge in [0, 0.05) is 54.4 Å². The van der Waals surface area contributed by atoms with E-state index in [0.29, 0.717) is 28.2 Å². The first-order valence-electron chi connectivity index (χ1n) is 9.68. The summed E-state index contributed by atoms with van der Waals surface area (Å²) in [6.45, 7) is 7.43. The van der Waals surface area contributed by atoms with Crippen LogP contribution < -0.4 is 21.7 Å². The van der Waals surface area contributed by atoms with Gasteiger partial charge < -0.3 is 21.7 Å². The normalized spacial score (nSPS) is 11.3. The first-order valence-corrected chi connectivity index (χ1v) is 9.68. The fourth-order valence-electron chi connectivity index (χ4n) is 2.73. The molecule has 0 amide bonds. The Morgan fingerprint density at radius 1 is 1.12 bits per heavy atom. The van der Waals surface area contributed by atoms with Crippen molar-refractivity contribution < 1.29 is 8.78 Å². The lowest BCUT2D eigenvalue weighted by molar-refractivity contribution is 0.584. The summed E-state index contributed by atoms with van der Waals surface area (Å²) in [5, 5.41) is 8.91. The SMILES string of the molecule is C=CC(=C)Nc1ccc(F)c(Nc2nc(N/C(C=NC)=C/N)ncc2-c2ccc(F)nc2)c1. The van der Waals surface area contributed by atoms with Gasteiger partial charge in [0.1, 0.15) is 11.6 Å². The molecule has 3 aromatic rings. The Morgan fingerprint density at radius 2 is 1.94 bits per heavy atom. The maximum atomic E-state index is 14.6. The topological polar surface area (TPSA) is 113 Å². The van der Waals surface area contributed by atoms with Crippen molar-refractivity contribution in [3.8, 4) is 11.1 Å². The second kappa shape index (κ2) is 10.6. The van der Waals surface area contributed by atoms with Gasteiger partial charge in [-0.2, -0.15) is 9.37 Å². The van der Waals surface area contributed by atoms with Gasteiger partial charge in [-0.3, -0.25) is 4.99 Å². The largest absolute Gasteiger partial charge is 0.403 e. The molecule has 1 aromatic carbocycles. The third kappa shape index (κ3) is 5.97. The Labute approximate surface area is 189 Å². The van der Waals surface area contributed by atoms with Crippen LogP contribution in [-0.2, 0) is 0 Å². The summed E-state index contributed by atoms with van der Waals surface area (Å²) in [4.78, 5) is 16.3. The Hall–Kier alpha value is -4.60. The van der Waals surface area contributed by atoms with Gasteiger partial charge in [0.15, 0.2) is 0 Å². The fraction of sp³-hybridized carbons (Fsp3) is 0.0435. The van der Waals surface area contributed by atoms with E-state index in [-0.39, 0.29) is 17.5 Å². The molecule has 0 atom stereocenters. The molecule has 5 N–H and O–H groups in total. The minimum Gasteiger partial charge on any atom is -0.403 e. The number of hydrogen-bond acceptors (Lipinski definition) is 8. The van der Waals surface area contributed by atoms with Crippen LogP contribution in [0.15, 0.2) is 84.5 Å². The second-order valence-electron chi connectivity index (χ2n) is 6.63. The molecule has 168 valence electrons. The number of halogens is 2. The van der Waals surface area contributed by atoms with Crippen molar-refractivity contribution in [2.24, 2.45) is 10.7 Å². The standard InChI is InChI=1S/C23H22F2N8/c1-4-14(2)30-16-6-7-19(24)20(9-16)32-22-18(15-5-8-21(25)28-11-15)13-29-23(33-22)31-17(10-26)12-27-3/h4-13,30H,1-2,26H2,3H3,(H2,29,31,32,33)/b17-10+,27-12?. The van der Waals surface area contributed by atoms with Crippen molar-refractivity contribution >= 4 is 29.4 Å². The van der Waals surface area contributed by atoms with Gasteiger partial charge in [0.2, 0.25) is 11.9 Å². The van der Waals surface area contributed by atoms with E-state index in [9.17, 15) is 8.78 Å². The van der Waals surface area contributed by atoms with Crippen LogP contribution >= 0.6 is 0 Å². The summed E-state index contributed by atoms with van der Waals surface area (Å²) in [5.74, 6) is -0.704. The van der Waals surface area contributed by atoms with Gasteiger partial charge in [-0.25, -0.2) is 14.4 Å². The number of nitrogens with one attached hydrogen (secondary N) is 3. The maximum Gasteiger partial charge on any atom is 0.229 e. The molecule has 8 nitrogen and oxygen atoms in total. The van der Waals surface area contributed by atoms with E-state index < -0.39 is 11.8 Å². The summed E-state index contributed by atoms with van der Waals surface area (Å²) in [6.07, 6.45) is 7.19. The number of benzene rings is 1. The lowest BCUT2D eigenvalue weighted by atomic mass is 10.1. The molecule has 2 aromatic heterocycles. The molecule has 0 unspecified atom stereocenters. The Morgan fingerprint density at radius 3 is 2.61 bits per heavy atom. The van der Waals surface area contributed by atoms with Crippen LogP contribution in [0.2, 0.25) is 0 Å². The lowest BCUT2D eigenvalue weighted by Crippen LogP contribution is -2.09. The van der Waals surface area contributed by atoms with Crippen molar-refractivity contribution in [1.29, 1.82) is 0 Å². The van der Waals surface area contributed by atoms with Crippen LogP contribution in [0.1, 0.15) is 0 Å². The molecule has 10 heteroatoms. The van der Waals surface area contributed by atoms with E-state index in [1.807, 2.05) is 0 Å². The Bertz CT molecular complexity index is 1220. The van der Waals surface area contributed by atoms with E-state index in [4.69, 9.17) is 5.73 Å². The predicted molar refractivity (Wildman–Crippen MR) is 128 cm³/mol. The summed E-state index contributed by atoms with van der Waals surface area (Å²) in [7, 11) is 1.59. The first kappa shape index (κ1) is 23.1. The number of nitrogens with two attached hydrogens (primary N) is 1. The zero-order valence-corrected chi connectivity index (χ0v) is 17.8. The van der Waals surface area contributed by atoms with Crippen LogP contribution in [0.3, 0.4) is 0 Å². The number of anilines is 4. The van der Waals surface area contributed by atoms with Crippen LogP contribution in [0.25, 0.3) is 11.1 Å². The summed E-state index contributed by atoms with van der Waals surface area (Å²) in [6, 6.07) is 7.16. The third-order valence-corrected chi connectivity index (χ3v) is 4.30. The van der Waals surface area contributed by atoms with Crippen LogP contribution in [0, 0.1) is 11.8 Å². The van der Waals surface area contributed by atoms with E-state index in [2.05, 4.69) is 49.1 Å². The summed E-state index contributed by atoms with van der Waals surface area (Å²) >= 11 is 0. The molecule has 3 rings (SSSR count). The van der Waals surface area contributed by atoms with Gasteiger partial charge >= 0.3 is 0 Å². The van der Waals surface area contributed by atoms with E-state index in [0.717, 1.165) is 0 Å². The number of pyridine rings is 1. The molecule has 0 spiro atoms. The highest BCUT2D eigenvalue weighted by Crippen LogP contribution is 2.31. The van der Waals surface area contributed by atoms with Crippen molar-refractivity contribution in [1.82, 2.24) is 15.0 Å². The highest BCUT2D eigenvalue weighted by molar-refractivity contribution is 5.83. The van der Waals surface area contributed by atoms with Crippen LogP contribution in [0.4, 0.5) is 31.9 Å². The Balaban J connectivity index is 2.04. The molecule has 0 aliphatic rings. The van der Waals surface area contributed by atoms with Gasteiger partial charge in [-0.05, 0) is 36.4 Å². The van der Waals surface area contributed by atoms with Gasteiger partial charge in [-0.1, -0.05) is 13.2 Å². The second-order valence-corrected chi connectivity index (χ2v) is 6.63. The van der Waals surface area contributed by atoms with Crippen molar-refractivity contribution in [3.63, 3.8) is 0 Å². The number of rotatable bonds is 9. The molecule has 0 aliphatic carbocycles. The molecule has 33 heavy (non-hydrogen) atoms. The van der Waals surface area contributed by atoms with E-state index in [1.54, 1.807) is 25.3 Å². The average Bonchev–Trinajstić information content (AvgIpc) is 2.81. The minimum atomic E-state index is -0.628. The summed E-state index contributed by atoms with van der Waals surface area (Å²) < 4.78 is 28.0. The molecule has 0 saturated carbocycles. The number of nitrogens with zero attached hydrogens (tertiary/aromatic N) is 4. The van der Waals surface area contributed by atoms with E-state index >= 15 is 0 Å². The minimum absolute atomic E-state index is 0.141. The lowest BCUT2D eigenvalue weighted by Gasteiger charge is -2.15. The van der Waals surface area contributed by atoms with E-state index in [1.165, 1.54) is 43.0 Å². The highest BCUT2D eigenvalue weighted by atomic mass is 19.1. The van der Waals surface area contributed by atoms with Crippen molar-refractivity contribution in [2.75, 3.05) is 23.0 Å². The molecule has 0 saturated heterocycles. The number of allylic oxidation sites excluding steroid dienone is 2. The number of aromatic nitrogens is 3. The third-order valence-electron chi connectivity index (χ3n) is 4.30. The number of hydrogen-bond donors (Lipinski definition) is 4. The molecule has 0 fully saturated rings. The highest BCUT2D eigenvalue weighted by Gasteiger charge is 2.14. The van der Waals surface area contributed by atoms with Gasteiger partial charge in [0.05, 0.1) is 11.4 Å². The van der Waals surface area contributed by atoms with Gasteiger partial charge in [-0.15, -0.1) is 0 Å². The van der Waals surface area contributed by atoms with Crippen molar-refractivity contribution in [3.05, 3.63) is 91.3 Å². The van der Waals surface area contributed by atoms with Gasteiger partial charge in [0.25, 0.3) is 0 Å². The quantitative estimate of drug-likeness (QED) is 0.215. The molecule has 2 heterocycles. The average molecular weight is 448 g/mol. The fourth-order valence-corrected chi connectivity index (χ4v) is 2.73. The molecular weight excluding hydrogens is 426 g/mol. The van der Waals surface area contributed by atoms with Crippen molar-refractivity contribution in [2.45, 2.75) is 0 Å². The predicted octanol–water partition coefficient (Wildman–Crippen LogP) is 4.58. The Kier molecular flexibility index (Phi) is 7.43. The molecule has 0 aliphatic heterocycles. The first-order chi connectivity index (χ1) is 15.9. The monoisotopic (exact) mass is 448 g/mol. The van der Waals surface area contributed by atoms with Crippen LogP contribution in [0.5, 0.6) is 0 Å². The summed E-state index contributed by atoms with van der Waals surface area (Å²) in [5.41, 5.74) is 8.34. The molecular formula is C23H22F2N8. The molecule has 0 bridgehead atoms. The zero-order valence-electron chi connectivity index (χ0n) is 17.8.